The molecule has 3 nitrogen and oxygen atoms in total. The van der Waals surface area contributed by atoms with Crippen LogP contribution >= 0.6 is 11.6 Å². The third-order valence-electron chi connectivity index (χ3n) is 1.43. The molecule has 0 fully saturated rings. The molecule has 0 radical (unpaired) electrons. The first-order chi connectivity index (χ1) is 5.09. The second kappa shape index (κ2) is 5.38. The maximum Gasteiger partial charge on any atom is 0.195 e. The van der Waals surface area contributed by atoms with Gasteiger partial charge in [-0.2, -0.15) is 0 Å². The molecule has 0 aromatic heterocycles. The van der Waals surface area contributed by atoms with E-state index >= 15 is 0 Å². The molecule has 1 N–H and O–H groups in total. The van der Waals surface area contributed by atoms with Gasteiger partial charge in [0.05, 0.1) is 6.67 Å². The Kier molecular flexibility index (Phi) is 5.24. The summed E-state index contributed by atoms with van der Waals surface area (Å²) in [5.74, 6) is 0. The summed E-state index contributed by atoms with van der Waals surface area (Å²) < 4.78 is 0. The summed E-state index contributed by atoms with van der Waals surface area (Å²) in [7, 11) is 3.76. The number of hydrogen-bond donors (Lipinski definition) is 1. The molecule has 0 saturated heterocycles. The van der Waals surface area contributed by atoms with E-state index in [-0.39, 0.29) is 0 Å². The van der Waals surface area contributed by atoms with Crippen molar-refractivity contribution >= 4 is 16.9 Å². The van der Waals surface area contributed by atoms with Crippen LogP contribution in [0.2, 0.25) is 0 Å². The largest absolute Gasteiger partial charge is 0.348 e. The van der Waals surface area contributed by atoms with E-state index in [0.717, 1.165) is 0 Å². The second-order valence-corrected chi connectivity index (χ2v) is 2.98. The van der Waals surface area contributed by atoms with Crippen LogP contribution in [-0.2, 0) is 0 Å². The summed E-state index contributed by atoms with van der Waals surface area (Å²) in [6.07, 6.45) is 0. The van der Waals surface area contributed by atoms with Gasteiger partial charge in [0.1, 0.15) is 0 Å². The van der Waals surface area contributed by atoms with Crippen molar-refractivity contribution in [2.45, 2.75) is 19.9 Å². The van der Waals surface area contributed by atoms with Crippen LogP contribution in [0.4, 0.5) is 0 Å². The zero-order valence-electron chi connectivity index (χ0n) is 7.56. The predicted octanol–water partition coefficient (Wildman–Crippen LogP) is 1.10. The number of nitrogens with one attached hydrogen (secondary N) is 1. The van der Waals surface area contributed by atoms with E-state index in [0.29, 0.717) is 18.0 Å². The highest BCUT2D eigenvalue weighted by Crippen LogP contribution is 1.99. The van der Waals surface area contributed by atoms with Crippen LogP contribution in [0.15, 0.2) is 4.99 Å². The van der Waals surface area contributed by atoms with Crippen LogP contribution in [0.25, 0.3) is 0 Å². The molecule has 0 bridgehead atoms. The first-order valence-electron chi connectivity index (χ1n) is 3.67. The Morgan fingerprint density at radius 1 is 1.64 bits per heavy atom. The molecule has 66 valence electrons. The normalized spacial score (nSPS) is 12.4. The van der Waals surface area contributed by atoms with Crippen LogP contribution in [0.1, 0.15) is 13.8 Å². The van der Waals surface area contributed by atoms with Crippen LogP contribution in [-0.4, -0.2) is 37.0 Å². The lowest BCUT2D eigenvalue weighted by Gasteiger charge is -2.20. The summed E-state index contributed by atoms with van der Waals surface area (Å²) in [5, 5.41) is 3.44. The Balaban J connectivity index is 3.89. The number of hydrogen-bond acceptors (Lipinski definition) is 2. The van der Waals surface area contributed by atoms with Gasteiger partial charge in [-0.15, -0.1) is 0 Å². The first kappa shape index (κ1) is 10.7. The number of halogens is 1. The minimum Gasteiger partial charge on any atom is -0.348 e. The molecular weight excluding hydrogens is 162 g/mol. The van der Waals surface area contributed by atoms with Crippen molar-refractivity contribution < 1.29 is 0 Å². The van der Waals surface area contributed by atoms with Crippen LogP contribution in [0, 0.1) is 0 Å². The number of amidine groups is 1. The molecule has 0 unspecified atom stereocenters. The molecule has 0 aromatic carbocycles. The van der Waals surface area contributed by atoms with E-state index < -0.39 is 0 Å². The smallest absolute Gasteiger partial charge is 0.195 e. The molecule has 0 aliphatic carbocycles. The maximum absolute atomic E-state index is 5.84. The zero-order valence-corrected chi connectivity index (χ0v) is 8.31. The van der Waals surface area contributed by atoms with Gasteiger partial charge in [-0.05, 0) is 32.5 Å². The summed E-state index contributed by atoms with van der Waals surface area (Å²) >= 11 is 5.84. The average Bonchev–Trinajstić information content (AvgIpc) is 1.98. The van der Waals surface area contributed by atoms with Crippen molar-refractivity contribution in [1.82, 2.24) is 10.2 Å². The van der Waals surface area contributed by atoms with Crippen LogP contribution in [0.5, 0.6) is 0 Å². The Labute approximate surface area is 73.4 Å². The molecule has 4 heteroatoms. The molecule has 0 aromatic rings. The van der Waals surface area contributed by atoms with Crippen molar-refractivity contribution in [3.63, 3.8) is 0 Å². The van der Waals surface area contributed by atoms with E-state index in [1.807, 2.05) is 19.0 Å². The molecule has 0 saturated carbocycles. The minimum absolute atomic E-state index is 0.392. The molecule has 0 amide bonds. The highest BCUT2D eigenvalue weighted by atomic mass is 35.5. The third-order valence-corrected chi connectivity index (χ3v) is 1.82. The van der Waals surface area contributed by atoms with Gasteiger partial charge >= 0.3 is 0 Å². The predicted molar refractivity (Wildman–Crippen MR) is 50.1 cm³/mol. The average molecular weight is 178 g/mol. The zero-order chi connectivity index (χ0) is 8.85. The molecule has 0 rings (SSSR count). The lowest BCUT2D eigenvalue weighted by molar-refractivity contribution is 0.422. The maximum atomic E-state index is 5.84. The van der Waals surface area contributed by atoms with Crippen molar-refractivity contribution in [2.24, 2.45) is 4.99 Å². The standard InChI is InChI=1S/C7H16ClN3/c1-6(2)11(4)7(8)10-5-9-3/h6,9H,5H2,1-4H3. The summed E-state index contributed by atoms with van der Waals surface area (Å²) in [6.45, 7) is 4.70. The van der Waals surface area contributed by atoms with Gasteiger partial charge in [-0.1, -0.05) is 0 Å². The fourth-order valence-electron chi connectivity index (χ4n) is 0.469. The van der Waals surface area contributed by atoms with Crippen LogP contribution < -0.4 is 5.32 Å². The van der Waals surface area contributed by atoms with Gasteiger partial charge in [0, 0.05) is 13.1 Å². The highest BCUT2D eigenvalue weighted by molar-refractivity contribution is 6.64. The van der Waals surface area contributed by atoms with Crippen molar-refractivity contribution in [3.05, 3.63) is 0 Å². The Bertz CT molecular complexity index is 134. The summed E-state index contributed by atoms with van der Waals surface area (Å²) in [5.41, 5.74) is 0. The molecule has 11 heavy (non-hydrogen) atoms. The SMILES string of the molecule is CNCN=C(Cl)N(C)C(C)C. The Morgan fingerprint density at radius 2 is 2.18 bits per heavy atom. The summed E-state index contributed by atoms with van der Waals surface area (Å²) in [4.78, 5) is 5.98. The van der Waals surface area contributed by atoms with Gasteiger partial charge in [0.15, 0.2) is 5.29 Å². The van der Waals surface area contributed by atoms with Crippen molar-refractivity contribution in [1.29, 1.82) is 0 Å². The Hall–Kier alpha value is -0.280. The quantitative estimate of drug-likeness (QED) is 0.397. The minimum atomic E-state index is 0.392. The van der Waals surface area contributed by atoms with Gasteiger partial charge < -0.3 is 10.2 Å². The van der Waals surface area contributed by atoms with E-state index in [1.165, 1.54) is 0 Å². The fraction of sp³-hybridized carbons (Fsp3) is 0.857. The monoisotopic (exact) mass is 177 g/mol. The van der Waals surface area contributed by atoms with Gasteiger partial charge in [0.25, 0.3) is 0 Å². The molecule has 0 aliphatic rings. The fourth-order valence-corrected chi connectivity index (χ4v) is 0.724. The Morgan fingerprint density at radius 3 is 2.55 bits per heavy atom. The summed E-state index contributed by atoms with van der Waals surface area (Å²) in [6, 6.07) is 0.392. The van der Waals surface area contributed by atoms with E-state index in [2.05, 4.69) is 24.2 Å². The van der Waals surface area contributed by atoms with Gasteiger partial charge in [-0.3, -0.25) is 0 Å². The third kappa shape index (κ3) is 4.22. The number of rotatable bonds is 3. The molecule has 0 aliphatic heterocycles. The van der Waals surface area contributed by atoms with E-state index in [1.54, 1.807) is 0 Å². The van der Waals surface area contributed by atoms with Crippen LogP contribution in [0.3, 0.4) is 0 Å². The van der Waals surface area contributed by atoms with Gasteiger partial charge in [-0.25, -0.2) is 4.99 Å². The lowest BCUT2D eigenvalue weighted by atomic mass is 10.4. The first-order valence-corrected chi connectivity index (χ1v) is 4.04. The topological polar surface area (TPSA) is 27.6 Å². The van der Waals surface area contributed by atoms with Crippen molar-refractivity contribution in [3.8, 4) is 0 Å². The number of aliphatic imine (C=N–C) groups is 1. The lowest BCUT2D eigenvalue weighted by Crippen LogP contribution is -2.30. The molecule has 0 heterocycles. The molecule has 0 spiro atoms. The number of nitrogens with zero attached hydrogens (tertiary/aromatic N) is 2. The van der Waals surface area contributed by atoms with Gasteiger partial charge in [0.2, 0.25) is 0 Å². The van der Waals surface area contributed by atoms with Crippen molar-refractivity contribution in [2.75, 3.05) is 20.8 Å². The molecular formula is C7H16ClN3. The highest BCUT2D eigenvalue weighted by Gasteiger charge is 2.05. The van der Waals surface area contributed by atoms with E-state index in [4.69, 9.17) is 11.6 Å². The van der Waals surface area contributed by atoms with E-state index in [9.17, 15) is 0 Å². The second-order valence-electron chi connectivity index (χ2n) is 2.64. The molecule has 0 atom stereocenters.